The second-order valence-electron chi connectivity index (χ2n) is 3.27. The highest BCUT2D eigenvalue weighted by atomic mass is 19.3. The van der Waals surface area contributed by atoms with Gasteiger partial charge in [0.1, 0.15) is 5.75 Å². The summed E-state index contributed by atoms with van der Waals surface area (Å²) in [5, 5.41) is 0. The van der Waals surface area contributed by atoms with E-state index in [0.29, 0.717) is 0 Å². The molecule has 0 spiro atoms. The number of alkyl halides is 2. The fraction of sp³-hybridized carbons (Fsp3) is 0.364. The van der Waals surface area contributed by atoms with Crippen molar-refractivity contribution in [3.63, 3.8) is 0 Å². The number of ether oxygens (including phenoxy) is 1. The second-order valence-corrected chi connectivity index (χ2v) is 3.27. The Balaban J connectivity index is 3.41. The predicted molar refractivity (Wildman–Crippen MR) is 57.0 cm³/mol. The van der Waals surface area contributed by atoms with Gasteiger partial charge in [0, 0.05) is 17.3 Å². The molecule has 0 aliphatic carbocycles. The summed E-state index contributed by atoms with van der Waals surface area (Å²) in [6.07, 6.45) is -2.76. The van der Waals surface area contributed by atoms with Crippen molar-refractivity contribution in [2.24, 2.45) is 0 Å². The molecule has 1 rings (SSSR count). The Kier molecular flexibility index (Phi) is 3.82. The number of halogens is 2. The Labute approximate surface area is 92.2 Å². The summed E-state index contributed by atoms with van der Waals surface area (Å²) in [6.45, 7) is 3.13. The van der Waals surface area contributed by atoms with Crippen LogP contribution in [-0.2, 0) is 0 Å². The monoisotopic (exact) mass is 229 g/mol. The number of Topliss-reactive ketones (excluding diaryl/α,β-unsaturated/α-hetero) is 1. The molecule has 0 amide bonds. The third kappa shape index (κ3) is 2.48. The molecule has 0 unspecified atom stereocenters. The summed E-state index contributed by atoms with van der Waals surface area (Å²) < 4.78 is 30.7. The number of carbonyl (C=O) groups is 1. The van der Waals surface area contributed by atoms with Crippen LogP contribution >= 0.6 is 0 Å². The van der Waals surface area contributed by atoms with Crippen molar-refractivity contribution in [2.45, 2.75) is 20.3 Å². The van der Waals surface area contributed by atoms with Crippen LogP contribution in [0.4, 0.5) is 14.5 Å². The van der Waals surface area contributed by atoms with E-state index in [2.05, 4.69) is 0 Å². The fourth-order valence-corrected chi connectivity index (χ4v) is 1.44. The highest BCUT2D eigenvalue weighted by Crippen LogP contribution is 2.34. The molecular weight excluding hydrogens is 216 g/mol. The Morgan fingerprint density at radius 1 is 1.50 bits per heavy atom. The topological polar surface area (TPSA) is 52.3 Å². The molecule has 0 saturated carbocycles. The van der Waals surface area contributed by atoms with E-state index in [9.17, 15) is 13.6 Å². The summed E-state index contributed by atoms with van der Waals surface area (Å²) in [7, 11) is 0. The van der Waals surface area contributed by atoms with Crippen molar-refractivity contribution in [1.29, 1.82) is 0 Å². The third-order valence-corrected chi connectivity index (χ3v) is 2.06. The summed E-state index contributed by atoms with van der Waals surface area (Å²) in [5.41, 5.74) is 5.28. The van der Waals surface area contributed by atoms with E-state index in [4.69, 9.17) is 10.5 Å². The number of ketones is 1. The summed E-state index contributed by atoms with van der Waals surface area (Å²) in [5.74, 6) is -0.480. The van der Waals surface area contributed by atoms with E-state index in [1.54, 1.807) is 6.92 Å². The van der Waals surface area contributed by atoms with Gasteiger partial charge in [-0.25, -0.2) is 8.78 Å². The standard InChI is InChI=1S/C11H13F2NO2/c1-3-16-9-5-7(14)4-8(6(2)15)10(9)11(12)13/h4-5,11H,3,14H2,1-2H3. The molecule has 3 nitrogen and oxygen atoms in total. The van der Waals surface area contributed by atoms with Gasteiger partial charge < -0.3 is 10.5 Å². The molecular formula is C11H13F2NO2. The van der Waals surface area contributed by atoms with Crippen LogP contribution in [0.3, 0.4) is 0 Å². The maximum absolute atomic E-state index is 12.8. The molecule has 0 fully saturated rings. The highest BCUT2D eigenvalue weighted by Gasteiger charge is 2.22. The van der Waals surface area contributed by atoms with Gasteiger partial charge in [0.05, 0.1) is 12.2 Å². The smallest absolute Gasteiger partial charge is 0.268 e. The summed E-state index contributed by atoms with van der Waals surface area (Å²) in [4.78, 5) is 11.2. The largest absolute Gasteiger partial charge is 0.493 e. The normalized spacial score (nSPS) is 10.6. The van der Waals surface area contributed by atoms with Crippen LogP contribution in [0.25, 0.3) is 0 Å². The second kappa shape index (κ2) is 4.92. The first-order valence-corrected chi connectivity index (χ1v) is 4.82. The van der Waals surface area contributed by atoms with E-state index < -0.39 is 12.2 Å². The van der Waals surface area contributed by atoms with Gasteiger partial charge in [0.15, 0.2) is 5.78 Å². The number of anilines is 1. The van der Waals surface area contributed by atoms with Crippen LogP contribution in [0.5, 0.6) is 5.75 Å². The third-order valence-electron chi connectivity index (χ3n) is 2.06. The van der Waals surface area contributed by atoms with Gasteiger partial charge in [-0.2, -0.15) is 0 Å². The van der Waals surface area contributed by atoms with Crippen LogP contribution < -0.4 is 10.5 Å². The lowest BCUT2D eigenvalue weighted by Gasteiger charge is -2.13. The van der Waals surface area contributed by atoms with Gasteiger partial charge in [-0.05, 0) is 19.9 Å². The van der Waals surface area contributed by atoms with Crippen molar-refractivity contribution >= 4 is 11.5 Å². The lowest BCUT2D eigenvalue weighted by atomic mass is 10.0. The van der Waals surface area contributed by atoms with Crippen LogP contribution in [0.15, 0.2) is 12.1 Å². The average molecular weight is 229 g/mol. The number of nitrogens with two attached hydrogens (primary N) is 1. The van der Waals surface area contributed by atoms with E-state index in [0.717, 1.165) is 0 Å². The Morgan fingerprint density at radius 2 is 2.12 bits per heavy atom. The first-order valence-electron chi connectivity index (χ1n) is 4.82. The lowest BCUT2D eigenvalue weighted by molar-refractivity contribution is 0.0996. The minimum atomic E-state index is -2.76. The molecule has 88 valence electrons. The Bertz CT molecular complexity index is 405. The predicted octanol–water partition coefficient (Wildman–Crippen LogP) is 2.81. The van der Waals surface area contributed by atoms with Crippen molar-refractivity contribution in [3.8, 4) is 5.75 Å². The van der Waals surface area contributed by atoms with E-state index in [-0.39, 0.29) is 29.2 Å². The molecule has 16 heavy (non-hydrogen) atoms. The quantitative estimate of drug-likeness (QED) is 0.638. The summed E-state index contributed by atoms with van der Waals surface area (Å²) in [6, 6.07) is 2.55. The van der Waals surface area contributed by atoms with E-state index >= 15 is 0 Å². The summed E-state index contributed by atoms with van der Waals surface area (Å²) >= 11 is 0. The molecule has 5 heteroatoms. The van der Waals surface area contributed by atoms with Crippen LogP contribution in [-0.4, -0.2) is 12.4 Å². The van der Waals surface area contributed by atoms with Crippen LogP contribution in [0.2, 0.25) is 0 Å². The van der Waals surface area contributed by atoms with Crippen molar-refractivity contribution in [3.05, 3.63) is 23.3 Å². The molecule has 1 aromatic rings. The Hall–Kier alpha value is -1.65. The number of rotatable bonds is 4. The molecule has 0 aliphatic heterocycles. The minimum Gasteiger partial charge on any atom is -0.493 e. The van der Waals surface area contributed by atoms with E-state index in [1.807, 2.05) is 0 Å². The molecule has 0 atom stereocenters. The number of hydrogen-bond donors (Lipinski definition) is 1. The van der Waals surface area contributed by atoms with Crippen molar-refractivity contribution in [1.82, 2.24) is 0 Å². The van der Waals surface area contributed by atoms with Gasteiger partial charge in [0.25, 0.3) is 6.43 Å². The number of nitrogen functional groups attached to an aromatic ring is 1. The molecule has 0 heterocycles. The average Bonchev–Trinajstić information content (AvgIpc) is 2.16. The molecule has 1 aromatic carbocycles. The highest BCUT2D eigenvalue weighted by molar-refractivity contribution is 5.97. The SMILES string of the molecule is CCOc1cc(N)cc(C(C)=O)c1C(F)F. The van der Waals surface area contributed by atoms with Gasteiger partial charge in [0.2, 0.25) is 0 Å². The van der Waals surface area contributed by atoms with Gasteiger partial charge in [-0.3, -0.25) is 4.79 Å². The maximum atomic E-state index is 12.8. The number of hydrogen-bond acceptors (Lipinski definition) is 3. The lowest BCUT2D eigenvalue weighted by Crippen LogP contribution is -2.06. The molecule has 0 aromatic heterocycles. The zero-order valence-corrected chi connectivity index (χ0v) is 9.09. The van der Waals surface area contributed by atoms with E-state index in [1.165, 1.54) is 19.1 Å². The molecule has 0 saturated heterocycles. The first kappa shape index (κ1) is 12.4. The zero-order chi connectivity index (χ0) is 12.3. The first-order chi connectivity index (χ1) is 7.47. The molecule has 0 bridgehead atoms. The maximum Gasteiger partial charge on any atom is 0.268 e. The van der Waals surface area contributed by atoms with Crippen molar-refractivity contribution in [2.75, 3.05) is 12.3 Å². The number of benzene rings is 1. The van der Waals surface area contributed by atoms with Gasteiger partial charge in [-0.1, -0.05) is 0 Å². The molecule has 0 radical (unpaired) electrons. The Morgan fingerprint density at radius 3 is 2.56 bits per heavy atom. The minimum absolute atomic E-state index is 0.0253. The van der Waals surface area contributed by atoms with Crippen molar-refractivity contribution < 1.29 is 18.3 Å². The van der Waals surface area contributed by atoms with Crippen LogP contribution in [0, 0.1) is 0 Å². The van der Waals surface area contributed by atoms with Crippen LogP contribution in [0.1, 0.15) is 36.2 Å². The molecule has 0 aliphatic rings. The van der Waals surface area contributed by atoms with Gasteiger partial charge >= 0.3 is 0 Å². The molecule has 2 N–H and O–H groups in total. The zero-order valence-electron chi connectivity index (χ0n) is 9.09. The van der Waals surface area contributed by atoms with Gasteiger partial charge in [-0.15, -0.1) is 0 Å². The fourth-order valence-electron chi connectivity index (χ4n) is 1.44. The number of carbonyl (C=O) groups excluding carboxylic acids is 1.